The third kappa shape index (κ3) is 2.57. The minimum atomic E-state index is -1.57. The monoisotopic (exact) mass is 354 g/mol. The Bertz CT molecular complexity index is 995. The fourth-order valence-corrected chi connectivity index (χ4v) is 3.15. The highest BCUT2D eigenvalue weighted by molar-refractivity contribution is 5.90. The molecule has 0 amide bonds. The maximum absolute atomic E-state index is 12.2. The van der Waals surface area contributed by atoms with Crippen LogP contribution in [0.1, 0.15) is 28.4 Å². The summed E-state index contributed by atoms with van der Waals surface area (Å²) in [6.45, 7) is 1.53. The largest absolute Gasteiger partial charge is 0.496 e. The number of aromatic amines is 1. The lowest BCUT2D eigenvalue weighted by molar-refractivity contribution is -0.561. The number of carbonyl (C=O) groups excluding carboxylic acids is 1. The van der Waals surface area contributed by atoms with Crippen LogP contribution in [0.2, 0.25) is 0 Å². The van der Waals surface area contributed by atoms with E-state index in [9.17, 15) is 14.9 Å². The summed E-state index contributed by atoms with van der Waals surface area (Å²) in [5.74, 6) is -0.290. The van der Waals surface area contributed by atoms with Gasteiger partial charge in [0.15, 0.2) is 0 Å². The molecule has 1 N–H and O–H groups in total. The van der Waals surface area contributed by atoms with Gasteiger partial charge in [-0.1, -0.05) is 18.2 Å². The van der Waals surface area contributed by atoms with E-state index in [1.54, 1.807) is 6.20 Å². The van der Waals surface area contributed by atoms with Crippen molar-refractivity contribution in [2.75, 3.05) is 14.2 Å². The number of H-pyrrole nitrogens is 1. The Morgan fingerprint density at radius 3 is 2.54 bits per heavy atom. The quantitative estimate of drug-likeness (QED) is 0.430. The number of benzene rings is 2. The van der Waals surface area contributed by atoms with Gasteiger partial charge in [0.1, 0.15) is 5.75 Å². The molecule has 134 valence electrons. The first kappa shape index (κ1) is 17.5. The summed E-state index contributed by atoms with van der Waals surface area (Å²) in [6.07, 6.45) is 1.64. The van der Waals surface area contributed by atoms with Crippen LogP contribution >= 0.6 is 0 Å². The first-order valence-electron chi connectivity index (χ1n) is 7.91. The number of carbonyl (C=O) groups is 1. The van der Waals surface area contributed by atoms with Gasteiger partial charge >= 0.3 is 5.97 Å². The number of nitrogens with one attached hydrogen (secondary N) is 1. The molecule has 0 spiro atoms. The summed E-state index contributed by atoms with van der Waals surface area (Å²) >= 11 is 0. The Hall–Kier alpha value is -3.35. The van der Waals surface area contributed by atoms with E-state index in [0.29, 0.717) is 11.1 Å². The first-order valence-corrected chi connectivity index (χ1v) is 7.91. The molecule has 3 rings (SSSR count). The van der Waals surface area contributed by atoms with Crippen LogP contribution in [0.25, 0.3) is 10.9 Å². The minimum absolute atomic E-state index is 0.248. The lowest BCUT2D eigenvalue weighted by atomic mass is 9.84. The number of nitro groups is 1. The fourth-order valence-electron chi connectivity index (χ4n) is 3.15. The van der Waals surface area contributed by atoms with Crippen LogP contribution in [0.15, 0.2) is 48.7 Å². The third-order valence-electron chi connectivity index (χ3n) is 4.63. The second kappa shape index (κ2) is 6.51. The molecule has 0 bridgehead atoms. The molecule has 0 fully saturated rings. The van der Waals surface area contributed by atoms with Crippen LogP contribution in [0.3, 0.4) is 0 Å². The van der Waals surface area contributed by atoms with E-state index in [1.165, 1.54) is 39.3 Å². The van der Waals surface area contributed by atoms with E-state index < -0.39 is 11.5 Å². The van der Waals surface area contributed by atoms with Crippen molar-refractivity contribution in [1.29, 1.82) is 0 Å². The molecule has 0 aliphatic carbocycles. The van der Waals surface area contributed by atoms with E-state index in [2.05, 4.69) is 4.98 Å². The summed E-state index contributed by atoms with van der Waals surface area (Å²) in [4.78, 5) is 26.6. The molecule has 7 heteroatoms. The number of nitrogens with zero attached hydrogens (tertiary/aromatic N) is 1. The number of aromatic nitrogens is 1. The Balaban J connectivity index is 2.26. The van der Waals surface area contributed by atoms with Gasteiger partial charge in [-0.15, -0.1) is 0 Å². The van der Waals surface area contributed by atoms with Crippen molar-refractivity contribution < 1.29 is 19.2 Å². The molecule has 2 aromatic carbocycles. The predicted octanol–water partition coefficient (Wildman–Crippen LogP) is 3.50. The minimum Gasteiger partial charge on any atom is -0.496 e. The van der Waals surface area contributed by atoms with E-state index in [4.69, 9.17) is 9.47 Å². The van der Waals surface area contributed by atoms with Gasteiger partial charge in [0.25, 0.3) is 5.54 Å². The van der Waals surface area contributed by atoms with Crippen molar-refractivity contribution in [2.45, 2.75) is 12.5 Å². The summed E-state index contributed by atoms with van der Waals surface area (Å²) in [5, 5.41) is 12.9. The van der Waals surface area contributed by atoms with Gasteiger partial charge in [-0.25, -0.2) is 4.79 Å². The van der Waals surface area contributed by atoms with E-state index in [0.717, 1.165) is 10.9 Å². The summed E-state index contributed by atoms with van der Waals surface area (Å²) in [5.41, 5.74) is 0.364. The zero-order valence-corrected chi connectivity index (χ0v) is 14.6. The average molecular weight is 354 g/mol. The van der Waals surface area contributed by atoms with Crippen molar-refractivity contribution in [2.24, 2.45) is 0 Å². The number of fused-ring (bicyclic) bond motifs is 1. The first-order chi connectivity index (χ1) is 12.4. The molecular weight excluding hydrogens is 336 g/mol. The topological polar surface area (TPSA) is 94.5 Å². The predicted molar refractivity (Wildman–Crippen MR) is 96.1 cm³/mol. The van der Waals surface area contributed by atoms with Crippen LogP contribution < -0.4 is 4.74 Å². The molecule has 26 heavy (non-hydrogen) atoms. The van der Waals surface area contributed by atoms with Crippen molar-refractivity contribution in [3.8, 4) is 5.75 Å². The molecule has 3 aromatic rings. The maximum Gasteiger partial charge on any atom is 0.337 e. The number of hydrogen-bond acceptors (Lipinski definition) is 5. The number of methoxy groups -OCH3 is 2. The molecule has 0 aliphatic rings. The molecule has 0 radical (unpaired) electrons. The zero-order valence-electron chi connectivity index (χ0n) is 14.6. The molecule has 0 aliphatic heterocycles. The van der Waals surface area contributed by atoms with Crippen molar-refractivity contribution in [3.63, 3.8) is 0 Å². The lowest BCUT2D eigenvalue weighted by Gasteiger charge is -2.23. The molecule has 1 heterocycles. The van der Waals surface area contributed by atoms with Crippen LogP contribution in [0.5, 0.6) is 5.75 Å². The van der Waals surface area contributed by atoms with Gasteiger partial charge in [-0.3, -0.25) is 10.1 Å². The van der Waals surface area contributed by atoms with Crippen LogP contribution in [0, 0.1) is 10.1 Å². The van der Waals surface area contributed by atoms with E-state index in [1.807, 2.05) is 24.3 Å². The normalized spacial score (nSPS) is 13.2. The van der Waals surface area contributed by atoms with Gasteiger partial charge in [0, 0.05) is 28.9 Å². The van der Waals surface area contributed by atoms with Gasteiger partial charge in [0.05, 0.1) is 30.9 Å². The molecule has 7 nitrogen and oxygen atoms in total. The Morgan fingerprint density at radius 1 is 1.15 bits per heavy atom. The van der Waals surface area contributed by atoms with E-state index in [-0.39, 0.29) is 16.2 Å². The Kier molecular flexibility index (Phi) is 4.38. The number of ether oxygens (including phenoxy) is 2. The standard InChI is InChI=1S/C19H18N2O5/c1-19(21(23)24,15-11-20-16-7-5-4-6-13(15)16)14-9-8-12(18(22)26-3)10-17(14)25-2/h4-11,20H,1-3H3. The van der Waals surface area contributed by atoms with Crippen molar-refractivity contribution in [3.05, 3.63) is 75.5 Å². The SMILES string of the molecule is COC(=O)c1ccc(C(C)(c2c[nH]c3ccccc23)[N+](=O)[O-])c(OC)c1. The molecule has 1 aromatic heterocycles. The van der Waals surface area contributed by atoms with Crippen molar-refractivity contribution >= 4 is 16.9 Å². The Labute approximate surface area is 149 Å². The van der Waals surface area contributed by atoms with Crippen LogP contribution in [-0.4, -0.2) is 30.1 Å². The summed E-state index contributed by atoms with van der Waals surface area (Å²) < 4.78 is 10.1. The molecule has 0 saturated carbocycles. The number of rotatable bonds is 5. The molecular formula is C19H18N2O5. The smallest absolute Gasteiger partial charge is 0.337 e. The van der Waals surface area contributed by atoms with Gasteiger partial charge in [-0.2, -0.15) is 0 Å². The lowest BCUT2D eigenvalue weighted by Crippen LogP contribution is -2.33. The molecule has 1 atom stereocenters. The van der Waals surface area contributed by atoms with E-state index >= 15 is 0 Å². The molecule has 0 saturated heterocycles. The Morgan fingerprint density at radius 2 is 1.88 bits per heavy atom. The van der Waals surface area contributed by atoms with Crippen LogP contribution in [-0.2, 0) is 10.3 Å². The van der Waals surface area contributed by atoms with Crippen LogP contribution in [0.4, 0.5) is 0 Å². The highest BCUT2D eigenvalue weighted by Gasteiger charge is 2.45. The highest BCUT2D eigenvalue weighted by Crippen LogP contribution is 2.41. The second-order valence-electron chi connectivity index (χ2n) is 5.98. The second-order valence-corrected chi connectivity index (χ2v) is 5.98. The summed E-state index contributed by atoms with van der Waals surface area (Å²) in [7, 11) is 2.69. The van der Waals surface area contributed by atoms with Crippen molar-refractivity contribution in [1.82, 2.24) is 4.98 Å². The zero-order chi connectivity index (χ0) is 18.9. The highest BCUT2D eigenvalue weighted by atomic mass is 16.6. The fraction of sp³-hybridized carbons (Fsp3) is 0.211. The number of para-hydroxylation sites is 1. The van der Waals surface area contributed by atoms with Gasteiger partial charge in [-0.05, 0) is 24.3 Å². The van der Waals surface area contributed by atoms with Gasteiger partial charge < -0.3 is 14.5 Å². The average Bonchev–Trinajstić information content (AvgIpc) is 3.10. The maximum atomic E-state index is 12.2. The third-order valence-corrected chi connectivity index (χ3v) is 4.63. The summed E-state index contributed by atoms with van der Waals surface area (Å²) in [6, 6.07) is 11.9. The molecule has 1 unspecified atom stereocenters. The number of hydrogen-bond donors (Lipinski definition) is 1. The number of esters is 1. The van der Waals surface area contributed by atoms with Gasteiger partial charge in [0.2, 0.25) is 0 Å².